The Bertz CT molecular complexity index is 499. The summed E-state index contributed by atoms with van der Waals surface area (Å²) in [5.41, 5.74) is -0.430. The highest BCUT2D eigenvalue weighted by atomic mass is 35.5. The highest BCUT2D eigenvalue weighted by molar-refractivity contribution is 7.10. The number of amides is 1. The SMILES string of the molecule is CC(C)(C)OC(=O)N1CCCC(CNCc2cc(Cl)cs2)C1. The smallest absolute Gasteiger partial charge is 0.410 e. The predicted molar refractivity (Wildman–Crippen MR) is 91.6 cm³/mol. The molecule has 1 aromatic heterocycles. The van der Waals surface area contributed by atoms with Gasteiger partial charge in [-0.3, -0.25) is 0 Å². The van der Waals surface area contributed by atoms with Crippen molar-refractivity contribution in [3.05, 3.63) is 21.3 Å². The molecule has 1 fully saturated rings. The van der Waals surface area contributed by atoms with E-state index in [9.17, 15) is 4.79 Å². The molecule has 22 heavy (non-hydrogen) atoms. The van der Waals surface area contributed by atoms with Gasteiger partial charge in [0.1, 0.15) is 5.60 Å². The van der Waals surface area contributed by atoms with Gasteiger partial charge in [0.2, 0.25) is 0 Å². The molecule has 1 unspecified atom stereocenters. The molecule has 4 nitrogen and oxygen atoms in total. The second-order valence-corrected chi connectivity index (χ2v) is 8.23. The van der Waals surface area contributed by atoms with Gasteiger partial charge in [0, 0.05) is 29.9 Å². The zero-order valence-corrected chi connectivity index (χ0v) is 15.1. The lowest BCUT2D eigenvalue weighted by Gasteiger charge is -2.34. The van der Waals surface area contributed by atoms with Crippen LogP contribution >= 0.6 is 22.9 Å². The number of rotatable bonds is 4. The van der Waals surface area contributed by atoms with Crippen molar-refractivity contribution in [3.8, 4) is 0 Å². The highest BCUT2D eigenvalue weighted by Crippen LogP contribution is 2.21. The molecule has 6 heteroatoms. The van der Waals surface area contributed by atoms with Crippen molar-refractivity contribution in [3.63, 3.8) is 0 Å². The number of hydrogen-bond donors (Lipinski definition) is 1. The van der Waals surface area contributed by atoms with Gasteiger partial charge in [-0.05, 0) is 52.1 Å². The average molecular weight is 345 g/mol. The standard InChI is InChI=1S/C16H25ClN2O2S/c1-16(2,3)21-15(20)19-6-4-5-12(10-19)8-18-9-14-7-13(17)11-22-14/h7,11-12,18H,4-6,8-10H2,1-3H3. The molecule has 0 aliphatic carbocycles. The molecule has 1 aliphatic rings. The third-order valence-electron chi connectivity index (χ3n) is 3.52. The second kappa shape index (κ2) is 7.66. The van der Waals surface area contributed by atoms with E-state index in [0.717, 1.165) is 44.0 Å². The van der Waals surface area contributed by atoms with Crippen LogP contribution in [0, 0.1) is 5.92 Å². The lowest BCUT2D eigenvalue weighted by atomic mass is 9.98. The lowest BCUT2D eigenvalue weighted by Crippen LogP contribution is -2.44. The van der Waals surface area contributed by atoms with Crippen LogP contribution in [-0.2, 0) is 11.3 Å². The van der Waals surface area contributed by atoms with Gasteiger partial charge in [-0.1, -0.05) is 11.6 Å². The first kappa shape index (κ1) is 17.6. The zero-order chi connectivity index (χ0) is 16.2. The summed E-state index contributed by atoms with van der Waals surface area (Å²) >= 11 is 7.59. The predicted octanol–water partition coefficient (Wildman–Crippen LogP) is 4.14. The molecular formula is C16H25ClN2O2S. The van der Waals surface area contributed by atoms with E-state index in [0.29, 0.717) is 5.92 Å². The maximum Gasteiger partial charge on any atom is 0.410 e. The molecule has 1 atom stereocenters. The number of ether oxygens (including phenoxy) is 1. The van der Waals surface area contributed by atoms with Crippen LogP contribution in [0.4, 0.5) is 4.79 Å². The van der Waals surface area contributed by atoms with E-state index in [2.05, 4.69) is 5.32 Å². The fourth-order valence-electron chi connectivity index (χ4n) is 2.57. The van der Waals surface area contributed by atoms with E-state index in [1.165, 1.54) is 4.88 Å². The monoisotopic (exact) mass is 344 g/mol. The number of piperidine rings is 1. The van der Waals surface area contributed by atoms with E-state index < -0.39 is 5.60 Å². The Morgan fingerprint density at radius 3 is 2.95 bits per heavy atom. The molecule has 1 N–H and O–H groups in total. The van der Waals surface area contributed by atoms with Crippen molar-refractivity contribution >= 4 is 29.0 Å². The first-order valence-corrected chi connectivity index (χ1v) is 9.01. The molecule has 2 heterocycles. The van der Waals surface area contributed by atoms with Crippen molar-refractivity contribution in [1.82, 2.24) is 10.2 Å². The van der Waals surface area contributed by atoms with Crippen molar-refractivity contribution in [2.24, 2.45) is 5.92 Å². The quantitative estimate of drug-likeness (QED) is 0.892. The van der Waals surface area contributed by atoms with E-state index in [1.54, 1.807) is 11.3 Å². The fraction of sp³-hybridized carbons (Fsp3) is 0.688. The van der Waals surface area contributed by atoms with Gasteiger partial charge < -0.3 is 15.0 Å². The molecule has 1 aliphatic heterocycles. The number of halogens is 1. The normalized spacial score (nSPS) is 19.3. The molecule has 2 rings (SSSR count). The van der Waals surface area contributed by atoms with Crippen molar-refractivity contribution < 1.29 is 9.53 Å². The minimum absolute atomic E-state index is 0.192. The third-order valence-corrected chi connectivity index (χ3v) is 4.81. The Hall–Kier alpha value is -0.780. The van der Waals surface area contributed by atoms with E-state index >= 15 is 0 Å². The van der Waals surface area contributed by atoms with E-state index in [1.807, 2.05) is 37.1 Å². The Labute approximate surface area is 141 Å². The molecule has 0 radical (unpaired) electrons. The molecule has 0 saturated carbocycles. The molecule has 0 bridgehead atoms. The van der Waals surface area contributed by atoms with Crippen LogP contribution < -0.4 is 5.32 Å². The molecule has 1 amide bonds. The van der Waals surface area contributed by atoms with Crippen LogP contribution in [0.15, 0.2) is 11.4 Å². The van der Waals surface area contributed by atoms with Gasteiger partial charge in [-0.25, -0.2) is 4.79 Å². The summed E-state index contributed by atoms with van der Waals surface area (Å²) in [5.74, 6) is 0.483. The van der Waals surface area contributed by atoms with Crippen molar-refractivity contribution in [2.45, 2.75) is 45.8 Å². The van der Waals surface area contributed by atoms with Gasteiger partial charge >= 0.3 is 6.09 Å². The Balaban J connectivity index is 1.74. The van der Waals surface area contributed by atoms with Crippen molar-refractivity contribution in [2.75, 3.05) is 19.6 Å². The Morgan fingerprint density at radius 2 is 2.32 bits per heavy atom. The number of carbonyl (C=O) groups excluding carboxylic acids is 1. The Morgan fingerprint density at radius 1 is 1.55 bits per heavy atom. The van der Waals surface area contributed by atoms with Gasteiger partial charge in [0.05, 0.1) is 5.02 Å². The number of carbonyl (C=O) groups is 1. The molecule has 1 aromatic rings. The summed E-state index contributed by atoms with van der Waals surface area (Å²) in [6.45, 7) is 9.02. The summed E-state index contributed by atoms with van der Waals surface area (Å²) in [6.07, 6.45) is 2.00. The second-order valence-electron chi connectivity index (χ2n) is 6.80. The molecule has 0 spiro atoms. The number of nitrogens with one attached hydrogen (secondary N) is 1. The van der Waals surface area contributed by atoms with Crippen LogP contribution in [0.1, 0.15) is 38.5 Å². The van der Waals surface area contributed by atoms with Gasteiger partial charge in [-0.15, -0.1) is 11.3 Å². The number of thiophene rings is 1. The summed E-state index contributed by atoms with van der Waals surface area (Å²) in [4.78, 5) is 15.2. The summed E-state index contributed by atoms with van der Waals surface area (Å²) < 4.78 is 5.46. The maximum absolute atomic E-state index is 12.1. The maximum atomic E-state index is 12.1. The van der Waals surface area contributed by atoms with Gasteiger partial charge in [0.15, 0.2) is 0 Å². The van der Waals surface area contributed by atoms with Gasteiger partial charge in [0.25, 0.3) is 0 Å². The topological polar surface area (TPSA) is 41.6 Å². The van der Waals surface area contributed by atoms with Gasteiger partial charge in [-0.2, -0.15) is 0 Å². The summed E-state index contributed by atoms with van der Waals surface area (Å²) in [5, 5.41) is 6.21. The molecule has 1 saturated heterocycles. The first-order valence-electron chi connectivity index (χ1n) is 7.75. The highest BCUT2D eigenvalue weighted by Gasteiger charge is 2.27. The van der Waals surface area contributed by atoms with E-state index in [-0.39, 0.29) is 6.09 Å². The fourth-order valence-corrected chi connectivity index (χ4v) is 3.61. The molecule has 0 aromatic carbocycles. The van der Waals surface area contributed by atoms with Crippen LogP contribution in [0.25, 0.3) is 0 Å². The minimum Gasteiger partial charge on any atom is -0.444 e. The Kier molecular flexibility index (Phi) is 6.12. The van der Waals surface area contributed by atoms with Crippen LogP contribution in [-0.4, -0.2) is 36.2 Å². The van der Waals surface area contributed by atoms with Crippen molar-refractivity contribution in [1.29, 1.82) is 0 Å². The summed E-state index contributed by atoms with van der Waals surface area (Å²) in [6, 6.07) is 1.99. The average Bonchev–Trinajstić information content (AvgIpc) is 2.83. The number of likely N-dealkylation sites (tertiary alicyclic amines) is 1. The van der Waals surface area contributed by atoms with Crippen LogP contribution in [0.3, 0.4) is 0 Å². The number of nitrogens with zero attached hydrogens (tertiary/aromatic N) is 1. The summed E-state index contributed by atoms with van der Waals surface area (Å²) in [7, 11) is 0. The van der Waals surface area contributed by atoms with Crippen LogP contribution in [0.2, 0.25) is 5.02 Å². The first-order chi connectivity index (χ1) is 10.3. The zero-order valence-electron chi connectivity index (χ0n) is 13.5. The minimum atomic E-state index is -0.430. The molecular weight excluding hydrogens is 320 g/mol. The third kappa shape index (κ3) is 5.78. The number of hydrogen-bond acceptors (Lipinski definition) is 4. The van der Waals surface area contributed by atoms with Crippen LogP contribution in [0.5, 0.6) is 0 Å². The lowest BCUT2D eigenvalue weighted by molar-refractivity contribution is 0.0166. The van der Waals surface area contributed by atoms with E-state index in [4.69, 9.17) is 16.3 Å². The largest absolute Gasteiger partial charge is 0.444 e. The molecule has 124 valence electrons.